The van der Waals surface area contributed by atoms with Crippen molar-refractivity contribution in [1.29, 1.82) is 0 Å². The van der Waals surface area contributed by atoms with Crippen LogP contribution in [-0.4, -0.2) is 10.0 Å². The van der Waals surface area contributed by atoms with E-state index in [0.29, 0.717) is 27.3 Å². The molecular formula is C15H10ClNO4. The zero-order valence-electron chi connectivity index (χ0n) is 10.7. The van der Waals surface area contributed by atoms with Crippen LogP contribution in [0.5, 0.6) is 0 Å². The molecule has 0 aliphatic rings. The molecule has 3 aromatic rings. The lowest BCUT2D eigenvalue weighted by molar-refractivity contribution is -0.384. The summed E-state index contributed by atoms with van der Waals surface area (Å²) in [4.78, 5) is 10.3. The molecule has 6 heteroatoms. The molecule has 21 heavy (non-hydrogen) atoms. The molecule has 0 aliphatic heterocycles. The zero-order chi connectivity index (χ0) is 15.0. The number of fused-ring (bicyclic) bond motifs is 1. The maximum absolute atomic E-state index is 10.8. The molecule has 0 amide bonds. The van der Waals surface area contributed by atoms with Gasteiger partial charge in [-0.3, -0.25) is 10.1 Å². The molecule has 5 nitrogen and oxygen atoms in total. The smallest absolute Gasteiger partial charge is 0.270 e. The summed E-state index contributed by atoms with van der Waals surface area (Å²) in [6.07, 6.45) is -0.977. The van der Waals surface area contributed by atoms with Crippen LogP contribution in [0.4, 0.5) is 5.69 Å². The molecule has 3 rings (SSSR count). The van der Waals surface area contributed by atoms with Gasteiger partial charge in [-0.2, -0.15) is 0 Å². The minimum Gasteiger partial charge on any atom is -0.458 e. The minimum absolute atomic E-state index is 0.0212. The Balaban J connectivity index is 2.02. The van der Waals surface area contributed by atoms with E-state index < -0.39 is 11.0 Å². The lowest BCUT2D eigenvalue weighted by Crippen LogP contribution is -1.97. The van der Waals surface area contributed by atoms with E-state index in [4.69, 9.17) is 16.0 Å². The van der Waals surface area contributed by atoms with Crippen molar-refractivity contribution in [1.82, 2.24) is 0 Å². The van der Waals surface area contributed by atoms with Crippen LogP contribution < -0.4 is 0 Å². The van der Waals surface area contributed by atoms with Crippen LogP contribution in [0.3, 0.4) is 0 Å². The van der Waals surface area contributed by atoms with Gasteiger partial charge in [-0.1, -0.05) is 23.7 Å². The van der Waals surface area contributed by atoms with E-state index in [2.05, 4.69) is 0 Å². The van der Waals surface area contributed by atoms with Crippen molar-refractivity contribution in [2.45, 2.75) is 6.10 Å². The van der Waals surface area contributed by atoms with Crippen LogP contribution in [0, 0.1) is 10.1 Å². The minimum atomic E-state index is -0.977. The number of nitro groups is 1. The Morgan fingerprint density at radius 1 is 1.19 bits per heavy atom. The van der Waals surface area contributed by atoms with Gasteiger partial charge in [0.05, 0.1) is 4.92 Å². The lowest BCUT2D eigenvalue weighted by atomic mass is 10.1. The van der Waals surface area contributed by atoms with Crippen LogP contribution in [0.2, 0.25) is 5.02 Å². The highest BCUT2D eigenvalue weighted by Gasteiger charge is 2.17. The third kappa shape index (κ3) is 2.61. The van der Waals surface area contributed by atoms with Gasteiger partial charge in [-0.15, -0.1) is 0 Å². The van der Waals surface area contributed by atoms with Gasteiger partial charge in [0.25, 0.3) is 5.69 Å². The Hall–Kier alpha value is -2.37. The van der Waals surface area contributed by atoms with Crippen LogP contribution in [0.1, 0.15) is 17.4 Å². The summed E-state index contributed by atoms with van der Waals surface area (Å²) < 4.78 is 5.54. The first-order valence-electron chi connectivity index (χ1n) is 6.16. The molecule has 2 aromatic carbocycles. The van der Waals surface area contributed by atoms with E-state index in [9.17, 15) is 15.2 Å². The first kappa shape index (κ1) is 13.6. The number of hydrogen-bond donors (Lipinski definition) is 1. The summed E-state index contributed by atoms with van der Waals surface area (Å²) in [5, 5.41) is 22.1. The second-order valence-electron chi connectivity index (χ2n) is 4.59. The van der Waals surface area contributed by atoms with E-state index in [-0.39, 0.29) is 5.69 Å². The Labute approximate surface area is 124 Å². The number of nitro benzene ring substituents is 1. The topological polar surface area (TPSA) is 76.5 Å². The maximum Gasteiger partial charge on any atom is 0.270 e. The van der Waals surface area contributed by atoms with Gasteiger partial charge in [-0.05, 0) is 29.8 Å². The van der Waals surface area contributed by atoms with Gasteiger partial charge < -0.3 is 9.52 Å². The Morgan fingerprint density at radius 3 is 2.71 bits per heavy atom. The molecule has 1 atom stereocenters. The molecule has 0 aliphatic carbocycles. The van der Waals surface area contributed by atoms with E-state index in [1.807, 2.05) is 0 Å². The predicted octanol–water partition coefficient (Wildman–Crippen LogP) is 4.08. The molecule has 106 valence electrons. The van der Waals surface area contributed by atoms with E-state index in [1.165, 1.54) is 18.2 Å². The third-order valence-corrected chi connectivity index (χ3v) is 3.40. The third-order valence-electron chi connectivity index (χ3n) is 3.16. The summed E-state index contributed by atoms with van der Waals surface area (Å²) in [5.74, 6) is 0.313. The molecule has 0 bridgehead atoms. The first-order chi connectivity index (χ1) is 10.0. The number of furan rings is 1. The first-order valence-corrected chi connectivity index (χ1v) is 6.54. The molecule has 0 fully saturated rings. The number of non-ortho nitro benzene ring substituents is 1. The van der Waals surface area contributed by atoms with Gasteiger partial charge in [0.15, 0.2) is 0 Å². The number of hydrogen-bond acceptors (Lipinski definition) is 4. The van der Waals surface area contributed by atoms with Crippen molar-refractivity contribution in [3.05, 3.63) is 75.0 Å². The van der Waals surface area contributed by atoms with Gasteiger partial charge >= 0.3 is 0 Å². The number of nitrogens with zero attached hydrogens (tertiary/aromatic N) is 1. The molecule has 1 heterocycles. The van der Waals surface area contributed by atoms with Crippen LogP contribution >= 0.6 is 11.6 Å². The van der Waals surface area contributed by atoms with Gasteiger partial charge in [0.2, 0.25) is 0 Å². The number of rotatable bonds is 3. The molecule has 0 unspecified atom stereocenters. The maximum atomic E-state index is 10.8. The average Bonchev–Trinajstić information content (AvgIpc) is 2.89. The zero-order valence-corrected chi connectivity index (χ0v) is 11.4. The summed E-state index contributed by atoms with van der Waals surface area (Å²) in [7, 11) is 0. The number of aliphatic hydroxyl groups is 1. The summed E-state index contributed by atoms with van der Waals surface area (Å²) in [5.41, 5.74) is 1.06. The SMILES string of the molecule is O=[N+]([O-])c1ccc2oc([C@@H](O)c3cccc(Cl)c3)cc2c1. The highest BCUT2D eigenvalue weighted by molar-refractivity contribution is 6.30. The van der Waals surface area contributed by atoms with E-state index in [0.717, 1.165) is 0 Å². The Bertz CT molecular complexity index is 827. The van der Waals surface area contributed by atoms with Crippen molar-refractivity contribution in [3.63, 3.8) is 0 Å². The normalized spacial score (nSPS) is 12.5. The monoisotopic (exact) mass is 303 g/mol. The molecular weight excluding hydrogens is 294 g/mol. The molecule has 1 N–H and O–H groups in total. The highest BCUT2D eigenvalue weighted by Crippen LogP contribution is 2.30. The predicted molar refractivity (Wildman–Crippen MR) is 78.4 cm³/mol. The summed E-state index contributed by atoms with van der Waals surface area (Å²) in [6.45, 7) is 0. The molecule has 0 radical (unpaired) electrons. The van der Waals surface area contributed by atoms with E-state index >= 15 is 0 Å². The fourth-order valence-electron chi connectivity index (χ4n) is 2.14. The number of halogens is 1. The number of benzene rings is 2. The van der Waals surface area contributed by atoms with Crippen LogP contribution in [0.25, 0.3) is 11.0 Å². The van der Waals surface area contributed by atoms with Crippen molar-refractivity contribution in [2.24, 2.45) is 0 Å². The molecule has 1 aromatic heterocycles. The molecule has 0 spiro atoms. The van der Waals surface area contributed by atoms with Crippen molar-refractivity contribution >= 4 is 28.3 Å². The molecule has 0 saturated heterocycles. The van der Waals surface area contributed by atoms with Crippen molar-refractivity contribution < 1.29 is 14.4 Å². The second-order valence-corrected chi connectivity index (χ2v) is 5.02. The van der Waals surface area contributed by atoms with Crippen molar-refractivity contribution in [3.8, 4) is 0 Å². The van der Waals surface area contributed by atoms with Gasteiger partial charge in [0.1, 0.15) is 17.4 Å². The Morgan fingerprint density at radius 2 is 2.00 bits per heavy atom. The lowest BCUT2D eigenvalue weighted by Gasteiger charge is -2.07. The fourth-order valence-corrected chi connectivity index (χ4v) is 2.34. The summed E-state index contributed by atoms with van der Waals surface area (Å²) >= 11 is 5.89. The van der Waals surface area contributed by atoms with Gasteiger partial charge in [0, 0.05) is 22.5 Å². The average molecular weight is 304 g/mol. The fraction of sp³-hybridized carbons (Fsp3) is 0.0667. The van der Waals surface area contributed by atoms with Crippen LogP contribution in [0.15, 0.2) is 52.9 Å². The van der Waals surface area contributed by atoms with Crippen LogP contribution in [-0.2, 0) is 0 Å². The van der Waals surface area contributed by atoms with Gasteiger partial charge in [-0.25, -0.2) is 0 Å². The standard InChI is InChI=1S/C15H10ClNO4/c16-11-3-1-2-9(6-11)15(18)14-8-10-7-12(17(19)20)4-5-13(10)21-14/h1-8,15,18H/t15-/m0/s1. The van der Waals surface area contributed by atoms with Crippen molar-refractivity contribution in [2.75, 3.05) is 0 Å². The quantitative estimate of drug-likeness (QED) is 0.584. The highest BCUT2D eigenvalue weighted by atomic mass is 35.5. The second kappa shape index (κ2) is 5.20. The largest absolute Gasteiger partial charge is 0.458 e. The Kier molecular flexibility index (Phi) is 3.37. The summed E-state index contributed by atoms with van der Waals surface area (Å²) in [6, 6.07) is 12.7. The number of aliphatic hydroxyl groups excluding tert-OH is 1. The van der Waals surface area contributed by atoms with E-state index in [1.54, 1.807) is 30.3 Å². The molecule has 0 saturated carbocycles.